The van der Waals surface area contributed by atoms with Crippen LogP contribution >= 0.6 is 0 Å². The summed E-state index contributed by atoms with van der Waals surface area (Å²) in [6.07, 6.45) is 0.283. The molecule has 1 heterocycles. The van der Waals surface area contributed by atoms with E-state index in [1.165, 1.54) is 0 Å². The quantitative estimate of drug-likeness (QED) is 0.0930. The molecule has 1 fully saturated rings. The summed E-state index contributed by atoms with van der Waals surface area (Å²) in [6, 6.07) is 5.29. The minimum Gasteiger partial charge on any atom is -0.480 e. The third-order valence-electron chi connectivity index (χ3n) is 5.69. The van der Waals surface area contributed by atoms with Crippen molar-refractivity contribution < 1.29 is 33.9 Å². The molecule has 0 aliphatic carbocycles. The Kier molecular flexibility index (Phi) is 12.2. The topological polar surface area (TPSA) is 247 Å². The minimum absolute atomic E-state index is 0.118. The van der Waals surface area contributed by atoms with E-state index in [0.29, 0.717) is 12.8 Å². The minimum atomic E-state index is -1.60. The van der Waals surface area contributed by atoms with Crippen molar-refractivity contribution in [1.29, 1.82) is 0 Å². The number of aliphatic imine (C=N–C) groups is 1. The molecular formula is C24H34N8O7. The number of aryl methyl sites for hydroxylation is 1. The number of nitrogens with one attached hydrogen (secondary N) is 5. The molecule has 0 unspecified atom stereocenters. The number of carbonyl (C=O) groups excluding carboxylic acids is 5. The lowest BCUT2D eigenvalue weighted by Gasteiger charge is -2.23. The number of hydrogen-bond acceptors (Lipinski definition) is 7. The van der Waals surface area contributed by atoms with Crippen molar-refractivity contribution in [3.63, 3.8) is 0 Å². The Morgan fingerprint density at radius 2 is 1.46 bits per heavy atom. The van der Waals surface area contributed by atoms with Crippen LogP contribution in [0.2, 0.25) is 0 Å². The van der Waals surface area contributed by atoms with Crippen LogP contribution in [-0.4, -0.2) is 84.3 Å². The molecule has 0 radical (unpaired) electrons. The zero-order valence-electron chi connectivity index (χ0n) is 21.3. The summed E-state index contributed by atoms with van der Waals surface area (Å²) in [7, 11) is 0. The Labute approximate surface area is 224 Å². The van der Waals surface area contributed by atoms with E-state index in [9.17, 15) is 33.9 Å². The van der Waals surface area contributed by atoms with Gasteiger partial charge in [0.25, 0.3) is 0 Å². The number of amides is 5. The van der Waals surface area contributed by atoms with Crippen LogP contribution in [0, 0.1) is 0 Å². The lowest BCUT2D eigenvalue weighted by Crippen LogP contribution is -2.56. The summed E-state index contributed by atoms with van der Waals surface area (Å²) in [6.45, 7) is -0.863. The van der Waals surface area contributed by atoms with E-state index in [0.717, 1.165) is 5.56 Å². The summed E-state index contributed by atoms with van der Waals surface area (Å²) in [5.74, 6) is -5.33. The van der Waals surface area contributed by atoms with Crippen molar-refractivity contribution in [2.75, 3.05) is 19.6 Å². The third kappa shape index (κ3) is 11.5. The number of benzene rings is 1. The number of carbonyl (C=O) groups is 6. The van der Waals surface area contributed by atoms with Crippen molar-refractivity contribution in [2.24, 2.45) is 16.5 Å². The van der Waals surface area contributed by atoms with E-state index < -0.39 is 73.1 Å². The molecule has 1 aliphatic heterocycles. The average molecular weight is 547 g/mol. The number of carboxylic acids is 1. The fraction of sp³-hybridized carbons (Fsp3) is 0.458. The molecule has 212 valence electrons. The number of nitrogens with zero attached hydrogens (tertiary/aromatic N) is 1. The SMILES string of the molecule is NC(N)=NCCC[C@@H]1NC(=O)CNC(=O)C[C@@H](C(=O)O)NC(=O)[C@H](CCc2ccccc2)NC(=O)CNC1=O. The Bertz CT molecular complexity index is 1080. The maximum Gasteiger partial charge on any atom is 0.326 e. The number of carboxylic acid groups (broad SMARTS) is 1. The van der Waals surface area contributed by atoms with Crippen molar-refractivity contribution >= 4 is 41.5 Å². The van der Waals surface area contributed by atoms with Gasteiger partial charge in [0.05, 0.1) is 19.5 Å². The van der Waals surface area contributed by atoms with E-state index in [2.05, 4.69) is 31.6 Å². The molecular weight excluding hydrogens is 512 g/mol. The first kappa shape index (κ1) is 30.5. The molecule has 15 heteroatoms. The second-order valence-electron chi connectivity index (χ2n) is 8.81. The number of hydrogen-bond donors (Lipinski definition) is 8. The van der Waals surface area contributed by atoms with Crippen molar-refractivity contribution in [1.82, 2.24) is 26.6 Å². The summed E-state index contributed by atoms with van der Waals surface area (Å²) in [4.78, 5) is 78.5. The predicted molar refractivity (Wildman–Crippen MR) is 139 cm³/mol. The van der Waals surface area contributed by atoms with Crippen LogP contribution < -0.4 is 38.1 Å². The fourth-order valence-corrected chi connectivity index (χ4v) is 3.69. The molecule has 1 aliphatic rings. The lowest BCUT2D eigenvalue weighted by atomic mass is 10.0. The Hall–Kier alpha value is -4.69. The fourth-order valence-electron chi connectivity index (χ4n) is 3.69. The normalized spacial score (nSPS) is 21.4. The van der Waals surface area contributed by atoms with E-state index in [-0.39, 0.29) is 25.3 Å². The van der Waals surface area contributed by atoms with Crippen molar-refractivity contribution in [3.8, 4) is 0 Å². The molecule has 39 heavy (non-hydrogen) atoms. The Morgan fingerprint density at radius 3 is 2.08 bits per heavy atom. The molecule has 0 saturated carbocycles. The molecule has 2 rings (SSSR count). The smallest absolute Gasteiger partial charge is 0.326 e. The summed E-state index contributed by atoms with van der Waals surface area (Å²) < 4.78 is 0. The van der Waals surface area contributed by atoms with Gasteiger partial charge in [-0.05, 0) is 31.2 Å². The van der Waals surface area contributed by atoms with Crippen LogP contribution in [0.4, 0.5) is 0 Å². The van der Waals surface area contributed by atoms with E-state index in [1.54, 1.807) is 0 Å². The van der Waals surface area contributed by atoms with Gasteiger partial charge >= 0.3 is 5.97 Å². The standard InChI is InChI=1S/C24H34N8O7/c25-24(26)27-10-4-7-15-21(36)29-13-20(35)31-16(9-8-14-5-2-1-3-6-14)22(37)32-17(23(38)39)11-18(33)28-12-19(34)30-15/h1-3,5-6,15-17H,4,7-13H2,(H,28,33)(H,29,36)(H,30,34)(H,31,35)(H,32,37)(H,38,39)(H4,25,26,27)/t15-,16-,17-/m0/s1. The third-order valence-corrected chi connectivity index (χ3v) is 5.69. The second-order valence-corrected chi connectivity index (χ2v) is 8.81. The van der Waals surface area contributed by atoms with E-state index in [4.69, 9.17) is 11.5 Å². The van der Waals surface area contributed by atoms with Gasteiger partial charge < -0.3 is 43.2 Å². The number of nitrogens with two attached hydrogens (primary N) is 2. The molecule has 10 N–H and O–H groups in total. The van der Waals surface area contributed by atoms with Gasteiger partial charge in [-0.1, -0.05) is 30.3 Å². The molecule has 1 aromatic rings. The average Bonchev–Trinajstić information content (AvgIpc) is 2.89. The number of rotatable bonds is 8. The highest BCUT2D eigenvalue weighted by atomic mass is 16.4. The zero-order valence-corrected chi connectivity index (χ0v) is 21.3. The second kappa shape index (κ2) is 15.5. The van der Waals surface area contributed by atoms with Gasteiger partial charge in [0.1, 0.15) is 18.1 Å². The van der Waals surface area contributed by atoms with Gasteiger partial charge in [0.15, 0.2) is 5.96 Å². The highest BCUT2D eigenvalue weighted by Crippen LogP contribution is 2.07. The van der Waals surface area contributed by atoms with Gasteiger partial charge in [-0.25, -0.2) is 4.79 Å². The number of guanidine groups is 1. The largest absolute Gasteiger partial charge is 0.480 e. The first-order valence-corrected chi connectivity index (χ1v) is 12.3. The summed E-state index contributed by atoms with van der Waals surface area (Å²) in [5.41, 5.74) is 11.5. The van der Waals surface area contributed by atoms with Gasteiger partial charge in [-0.15, -0.1) is 0 Å². The Balaban J connectivity index is 2.21. The maximum atomic E-state index is 13.0. The van der Waals surface area contributed by atoms with Crippen LogP contribution in [0.3, 0.4) is 0 Å². The lowest BCUT2D eigenvalue weighted by molar-refractivity contribution is -0.144. The highest BCUT2D eigenvalue weighted by Gasteiger charge is 2.29. The zero-order chi connectivity index (χ0) is 28.8. The summed E-state index contributed by atoms with van der Waals surface area (Å²) in [5, 5.41) is 21.5. The molecule has 5 amide bonds. The molecule has 0 aromatic heterocycles. The van der Waals surface area contributed by atoms with E-state index >= 15 is 0 Å². The van der Waals surface area contributed by atoms with Gasteiger partial charge in [-0.2, -0.15) is 0 Å². The monoisotopic (exact) mass is 546 g/mol. The van der Waals surface area contributed by atoms with Gasteiger partial charge in [0, 0.05) is 6.54 Å². The molecule has 0 bridgehead atoms. The van der Waals surface area contributed by atoms with Crippen LogP contribution in [0.15, 0.2) is 35.3 Å². The molecule has 3 atom stereocenters. The van der Waals surface area contributed by atoms with Crippen LogP contribution in [-0.2, 0) is 35.2 Å². The van der Waals surface area contributed by atoms with E-state index in [1.807, 2.05) is 30.3 Å². The molecule has 1 saturated heterocycles. The first-order chi connectivity index (χ1) is 18.5. The highest BCUT2D eigenvalue weighted by molar-refractivity contribution is 5.95. The maximum absolute atomic E-state index is 13.0. The Morgan fingerprint density at radius 1 is 0.846 bits per heavy atom. The molecule has 1 aromatic carbocycles. The van der Waals surface area contributed by atoms with Crippen LogP contribution in [0.1, 0.15) is 31.2 Å². The van der Waals surface area contributed by atoms with Crippen LogP contribution in [0.25, 0.3) is 0 Å². The number of aliphatic carboxylic acids is 1. The van der Waals surface area contributed by atoms with Crippen molar-refractivity contribution in [3.05, 3.63) is 35.9 Å². The van der Waals surface area contributed by atoms with Crippen LogP contribution in [0.5, 0.6) is 0 Å². The first-order valence-electron chi connectivity index (χ1n) is 12.3. The summed E-state index contributed by atoms with van der Waals surface area (Å²) >= 11 is 0. The van der Waals surface area contributed by atoms with Gasteiger partial charge in [-0.3, -0.25) is 29.0 Å². The van der Waals surface area contributed by atoms with Gasteiger partial charge in [0.2, 0.25) is 29.5 Å². The predicted octanol–water partition coefficient (Wildman–Crippen LogP) is -3.15. The van der Waals surface area contributed by atoms with Crippen molar-refractivity contribution in [2.45, 2.75) is 50.2 Å². The molecule has 15 nitrogen and oxygen atoms in total. The molecule has 0 spiro atoms.